The van der Waals surface area contributed by atoms with Crippen LogP contribution in [-0.2, 0) is 23.9 Å². The second-order valence-corrected chi connectivity index (χ2v) is 2.95. The van der Waals surface area contributed by atoms with E-state index in [1.165, 1.54) is 6.92 Å². The number of hydrogen-bond acceptors (Lipinski definition) is 5. The summed E-state index contributed by atoms with van der Waals surface area (Å²) >= 11 is 0. The van der Waals surface area contributed by atoms with Gasteiger partial charge in [0.2, 0.25) is 0 Å². The van der Waals surface area contributed by atoms with Gasteiger partial charge >= 0.3 is 17.9 Å². The number of ether oxygens (including phenoxy) is 2. The average molecular weight is 214 g/mol. The monoisotopic (exact) mass is 214 g/mol. The minimum absolute atomic E-state index is 0.167. The van der Waals surface area contributed by atoms with Crippen LogP contribution in [0.2, 0.25) is 0 Å². The van der Waals surface area contributed by atoms with Crippen LogP contribution in [0.1, 0.15) is 26.7 Å². The SMILES string of the molecule is C=C(C)C(=O)OCC(=O)OC(=O)CCC. The van der Waals surface area contributed by atoms with Crippen molar-refractivity contribution in [2.24, 2.45) is 0 Å². The van der Waals surface area contributed by atoms with Gasteiger partial charge in [-0.05, 0) is 13.3 Å². The molecule has 0 radical (unpaired) electrons. The van der Waals surface area contributed by atoms with Crippen molar-refractivity contribution < 1.29 is 23.9 Å². The van der Waals surface area contributed by atoms with Gasteiger partial charge in [-0.1, -0.05) is 13.5 Å². The summed E-state index contributed by atoms with van der Waals surface area (Å²) in [5.41, 5.74) is 0.183. The van der Waals surface area contributed by atoms with E-state index in [0.29, 0.717) is 6.42 Å². The lowest BCUT2D eigenvalue weighted by Gasteiger charge is -2.03. The standard InChI is InChI=1S/C10H14O5/c1-4-5-8(11)15-9(12)6-14-10(13)7(2)3/h2,4-6H2,1,3H3. The summed E-state index contributed by atoms with van der Waals surface area (Å²) in [6.45, 7) is 6.00. The van der Waals surface area contributed by atoms with E-state index >= 15 is 0 Å². The molecule has 0 aromatic carbocycles. The van der Waals surface area contributed by atoms with Crippen molar-refractivity contribution in [1.82, 2.24) is 0 Å². The molecule has 0 heterocycles. The van der Waals surface area contributed by atoms with Crippen molar-refractivity contribution >= 4 is 17.9 Å². The van der Waals surface area contributed by atoms with E-state index in [9.17, 15) is 14.4 Å². The maximum atomic E-state index is 10.9. The third-order valence-corrected chi connectivity index (χ3v) is 1.35. The average Bonchev–Trinajstić information content (AvgIpc) is 2.14. The molecule has 0 aliphatic rings. The molecule has 0 aromatic rings. The molecular weight excluding hydrogens is 200 g/mol. The second-order valence-electron chi connectivity index (χ2n) is 2.95. The van der Waals surface area contributed by atoms with E-state index in [2.05, 4.69) is 16.1 Å². The lowest BCUT2D eigenvalue weighted by Crippen LogP contribution is -2.19. The molecule has 0 saturated heterocycles. The first kappa shape index (κ1) is 13.4. The summed E-state index contributed by atoms with van der Waals surface area (Å²) in [6, 6.07) is 0. The van der Waals surface area contributed by atoms with Crippen LogP contribution in [0, 0.1) is 0 Å². The number of hydrogen-bond donors (Lipinski definition) is 0. The highest BCUT2D eigenvalue weighted by Crippen LogP contribution is 1.95. The molecule has 0 aliphatic carbocycles. The van der Waals surface area contributed by atoms with Gasteiger partial charge in [-0.3, -0.25) is 4.79 Å². The zero-order chi connectivity index (χ0) is 11.8. The molecule has 0 unspecified atom stereocenters. The van der Waals surface area contributed by atoms with Crippen molar-refractivity contribution in [3.05, 3.63) is 12.2 Å². The number of rotatable bonds is 5. The van der Waals surface area contributed by atoms with Gasteiger partial charge in [0.15, 0.2) is 6.61 Å². The van der Waals surface area contributed by atoms with Crippen LogP contribution in [-0.4, -0.2) is 24.5 Å². The second kappa shape index (κ2) is 6.75. The highest BCUT2D eigenvalue weighted by molar-refractivity contribution is 5.90. The molecule has 5 nitrogen and oxygen atoms in total. The topological polar surface area (TPSA) is 69.7 Å². The van der Waals surface area contributed by atoms with Gasteiger partial charge in [-0.2, -0.15) is 0 Å². The zero-order valence-corrected chi connectivity index (χ0v) is 8.87. The van der Waals surface area contributed by atoms with Crippen molar-refractivity contribution in [3.8, 4) is 0 Å². The predicted octanol–water partition coefficient (Wildman–Crippen LogP) is 0.976. The molecule has 15 heavy (non-hydrogen) atoms. The summed E-state index contributed by atoms with van der Waals surface area (Å²) in [7, 11) is 0. The lowest BCUT2D eigenvalue weighted by molar-refractivity contribution is -0.166. The molecule has 0 rings (SSSR count). The molecule has 0 amide bonds. The van der Waals surface area contributed by atoms with Crippen LogP contribution in [0.15, 0.2) is 12.2 Å². The fraction of sp³-hybridized carbons (Fsp3) is 0.500. The van der Waals surface area contributed by atoms with E-state index in [0.717, 1.165) is 0 Å². The minimum Gasteiger partial charge on any atom is -0.450 e. The molecule has 84 valence electrons. The van der Waals surface area contributed by atoms with E-state index in [-0.39, 0.29) is 12.0 Å². The van der Waals surface area contributed by atoms with E-state index in [4.69, 9.17) is 0 Å². The van der Waals surface area contributed by atoms with Crippen molar-refractivity contribution in [1.29, 1.82) is 0 Å². The summed E-state index contributed by atoms with van der Waals surface area (Å²) in [6.07, 6.45) is 0.762. The van der Waals surface area contributed by atoms with Gasteiger partial charge in [0.25, 0.3) is 0 Å². The first-order chi connectivity index (χ1) is 6.97. The molecular formula is C10H14O5. The highest BCUT2D eigenvalue weighted by Gasteiger charge is 2.12. The van der Waals surface area contributed by atoms with Crippen LogP contribution in [0.25, 0.3) is 0 Å². The van der Waals surface area contributed by atoms with Crippen LogP contribution >= 0.6 is 0 Å². The van der Waals surface area contributed by atoms with Gasteiger partial charge in [0.05, 0.1) is 0 Å². The first-order valence-corrected chi connectivity index (χ1v) is 4.53. The Hall–Kier alpha value is -1.65. The fourth-order valence-electron chi connectivity index (χ4n) is 0.659. The zero-order valence-electron chi connectivity index (χ0n) is 8.87. The molecule has 0 aromatic heterocycles. The first-order valence-electron chi connectivity index (χ1n) is 4.53. The van der Waals surface area contributed by atoms with Crippen molar-refractivity contribution in [3.63, 3.8) is 0 Å². The predicted molar refractivity (Wildman–Crippen MR) is 51.8 cm³/mol. The molecule has 0 atom stereocenters. The van der Waals surface area contributed by atoms with Gasteiger partial charge in [-0.15, -0.1) is 0 Å². The highest BCUT2D eigenvalue weighted by atomic mass is 16.6. The van der Waals surface area contributed by atoms with E-state index in [1.54, 1.807) is 6.92 Å². The molecule has 0 saturated carbocycles. The van der Waals surface area contributed by atoms with Gasteiger partial charge in [0, 0.05) is 12.0 Å². The number of esters is 3. The summed E-state index contributed by atoms with van der Waals surface area (Å²) in [5.74, 6) is -2.17. The quantitative estimate of drug-likeness (QED) is 0.387. The third-order valence-electron chi connectivity index (χ3n) is 1.35. The molecule has 0 N–H and O–H groups in total. The largest absolute Gasteiger partial charge is 0.450 e. The Bertz CT molecular complexity index is 280. The summed E-state index contributed by atoms with van der Waals surface area (Å²) in [4.78, 5) is 32.6. The molecule has 0 fully saturated rings. The Morgan fingerprint density at radius 3 is 2.27 bits per heavy atom. The van der Waals surface area contributed by atoms with Gasteiger partial charge in [-0.25, -0.2) is 9.59 Å². The maximum Gasteiger partial charge on any atom is 0.351 e. The Kier molecular flexibility index (Phi) is 6.01. The maximum absolute atomic E-state index is 10.9. The van der Waals surface area contributed by atoms with Gasteiger partial charge < -0.3 is 9.47 Å². The van der Waals surface area contributed by atoms with Crippen LogP contribution in [0.3, 0.4) is 0 Å². The molecule has 0 spiro atoms. The normalized spacial score (nSPS) is 9.20. The Morgan fingerprint density at radius 2 is 1.80 bits per heavy atom. The molecule has 5 heteroatoms. The minimum atomic E-state index is -0.872. The van der Waals surface area contributed by atoms with Crippen LogP contribution in [0.5, 0.6) is 0 Å². The Labute approximate surface area is 88.0 Å². The summed E-state index contributed by atoms with van der Waals surface area (Å²) < 4.78 is 8.82. The van der Waals surface area contributed by atoms with Crippen LogP contribution < -0.4 is 0 Å². The van der Waals surface area contributed by atoms with Crippen molar-refractivity contribution in [2.45, 2.75) is 26.7 Å². The third kappa shape index (κ3) is 6.42. The smallest absolute Gasteiger partial charge is 0.351 e. The van der Waals surface area contributed by atoms with Gasteiger partial charge in [0.1, 0.15) is 0 Å². The summed E-state index contributed by atoms with van der Waals surface area (Å²) in [5, 5.41) is 0. The Morgan fingerprint density at radius 1 is 1.20 bits per heavy atom. The lowest BCUT2D eigenvalue weighted by atomic mass is 10.3. The Balaban J connectivity index is 3.80. The molecule has 0 aliphatic heterocycles. The molecule has 0 bridgehead atoms. The van der Waals surface area contributed by atoms with E-state index in [1.807, 2.05) is 0 Å². The van der Waals surface area contributed by atoms with Crippen LogP contribution in [0.4, 0.5) is 0 Å². The fourth-order valence-corrected chi connectivity index (χ4v) is 0.659. The van der Waals surface area contributed by atoms with E-state index < -0.39 is 24.5 Å². The van der Waals surface area contributed by atoms with Crippen molar-refractivity contribution in [2.75, 3.05) is 6.61 Å². The number of carbonyl (C=O) groups excluding carboxylic acids is 3. The number of carbonyl (C=O) groups is 3.